The van der Waals surface area contributed by atoms with E-state index < -0.39 is 10.0 Å². The van der Waals surface area contributed by atoms with Crippen molar-refractivity contribution in [1.82, 2.24) is 24.8 Å². The molecule has 142 valence electrons. The fourth-order valence-corrected chi connectivity index (χ4v) is 3.69. The Morgan fingerprint density at radius 2 is 2.11 bits per heavy atom. The Bertz CT molecular complexity index is 1050. The first-order valence-corrected chi connectivity index (χ1v) is 9.52. The molecule has 3 rings (SSSR count). The smallest absolute Gasteiger partial charge is 0.257 e. The fourth-order valence-electron chi connectivity index (χ4n) is 2.49. The van der Waals surface area contributed by atoms with Crippen LogP contribution in [0.2, 0.25) is 0 Å². The monoisotopic (exact) mass is 389 g/mol. The topological polar surface area (TPSA) is 121 Å². The number of amides is 1. The van der Waals surface area contributed by atoms with Crippen LogP contribution in [0.25, 0.3) is 11.5 Å². The van der Waals surface area contributed by atoms with E-state index in [4.69, 9.17) is 4.42 Å². The Balaban J connectivity index is 1.89. The van der Waals surface area contributed by atoms with E-state index in [-0.39, 0.29) is 28.9 Å². The van der Waals surface area contributed by atoms with E-state index in [1.54, 1.807) is 45.5 Å². The normalized spacial score (nSPS) is 11.5. The van der Waals surface area contributed by atoms with Gasteiger partial charge in [-0.2, -0.15) is 5.10 Å². The van der Waals surface area contributed by atoms with Gasteiger partial charge in [0.1, 0.15) is 16.3 Å². The van der Waals surface area contributed by atoms with Gasteiger partial charge in [-0.3, -0.25) is 14.9 Å². The summed E-state index contributed by atoms with van der Waals surface area (Å²) in [7, 11) is -0.578. The molecule has 0 aliphatic rings. The zero-order valence-electron chi connectivity index (χ0n) is 15.1. The maximum atomic E-state index is 12.6. The third kappa shape index (κ3) is 3.91. The molecule has 2 N–H and O–H groups in total. The van der Waals surface area contributed by atoms with E-state index in [0.717, 1.165) is 5.56 Å². The zero-order chi connectivity index (χ0) is 19.6. The van der Waals surface area contributed by atoms with Crippen LogP contribution in [-0.2, 0) is 16.6 Å². The Kier molecular flexibility index (Phi) is 5.10. The number of sulfonamides is 1. The molecule has 0 aromatic carbocycles. The third-order valence-corrected chi connectivity index (χ3v) is 5.38. The van der Waals surface area contributed by atoms with Crippen LogP contribution in [0, 0.1) is 6.92 Å². The number of rotatable bonds is 6. The van der Waals surface area contributed by atoms with Gasteiger partial charge in [0.15, 0.2) is 5.76 Å². The first-order valence-electron chi connectivity index (χ1n) is 8.04. The van der Waals surface area contributed by atoms with Gasteiger partial charge >= 0.3 is 0 Å². The molecule has 3 heterocycles. The number of carbonyl (C=O) groups is 1. The van der Waals surface area contributed by atoms with Gasteiger partial charge in [-0.25, -0.2) is 13.1 Å². The SMILES string of the molecule is Cc1oc(-c2[nH]ncc2C(=O)N(C)C)cc1S(=O)(=O)NCc1cccnc1. The van der Waals surface area contributed by atoms with Crippen molar-refractivity contribution in [1.29, 1.82) is 0 Å². The second kappa shape index (κ2) is 7.33. The minimum atomic E-state index is -3.81. The quantitative estimate of drug-likeness (QED) is 0.660. The molecule has 0 fully saturated rings. The van der Waals surface area contributed by atoms with Gasteiger partial charge in [-0.15, -0.1) is 0 Å². The van der Waals surface area contributed by atoms with Crippen molar-refractivity contribution < 1.29 is 17.6 Å². The molecule has 27 heavy (non-hydrogen) atoms. The number of nitrogens with one attached hydrogen (secondary N) is 2. The summed E-state index contributed by atoms with van der Waals surface area (Å²) in [5.41, 5.74) is 1.35. The van der Waals surface area contributed by atoms with Crippen LogP contribution in [0.15, 0.2) is 46.1 Å². The number of H-pyrrole nitrogens is 1. The molecule has 3 aromatic heterocycles. The van der Waals surface area contributed by atoms with E-state index in [2.05, 4.69) is 19.9 Å². The van der Waals surface area contributed by atoms with Crippen molar-refractivity contribution >= 4 is 15.9 Å². The van der Waals surface area contributed by atoms with Crippen molar-refractivity contribution in [3.8, 4) is 11.5 Å². The van der Waals surface area contributed by atoms with Crippen molar-refractivity contribution in [2.45, 2.75) is 18.4 Å². The van der Waals surface area contributed by atoms with Crippen molar-refractivity contribution in [3.05, 3.63) is 53.7 Å². The number of hydrogen-bond acceptors (Lipinski definition) is 6. The van der Waals surface area contributed by atoms with Crippen LogP contribution in [0.1, 0.15) is 21.7 Å². The van der Waals surface area contributed by atoms with Crippen molar-refractivity contribution in [2.75, 3.05) is 14.1 Å². The third-order valence-electron chi connectivity index (χ3n) is 3.87. The lowest BCUT2D eigenvalue weighted by atomic mass is 10.2. The van der Waals surface area contributed by atoms with Crippen LogP contribution in [0.4, 0.5) is 0 Å². The molecule has 0 spiro atoms. The maximum absolute atomic E-state index is 12.6. The lowest BCUT2D eigenvalue weighted by Crippen LogP contribution is -2.23. The number of nitrogens with zero attached hydrogens (tertiary/aromatic N) is 3. The highest BCUT2D eigenvalue weighted by Gasteiger charge is 2.25. The summed E-state index contributed by atoms with van der Waals surface area (Å²) < 4.78 is 33.4. The van der Waals surface area contributed by atoms with Crippen LogP contribution < -0.4 is 4.72 Å². The fraction of sp³-hybridized carbons (Fsp3) is 0.235. The van der Waals surface area contributed by atoms with E-state index in [1.807, 2.05) is 0 Å². The largest absolute Gasteiger partial charge is 0.458 e. The molecular weight excluding hydrogens is 370 g/mol. The Morgan fingerprint density at radius 1 is 1.33 bits per heavy atom. The number of furan rings is 1. The van der Waals surface area contributed by atoms with Gasteiger partial charge in [-0.1, -0.05) is 6.07 Å². The summed E-state index contributed by atoms with van der Waals surface area (Å²) in [5.74, 6) is 0.158. The molecule has 0 saturated heterocycles. The van der Waals surface area contributed by atoms with Crippen LogP contribution in [0.3, 0.4) is 0 Å². The standard InChI is InChI=1S/C17H19N5O4S/c1-11-15(27(24,25)20-9-12-5-4-6-18-8-12)7-14(26-11)16-13(10-19-21-16)17(23)22(2)3/h4-8,10,20H,9H2,1-3H3,(H,19,21). The average Bonchev–Trinajstić information content (AvgIpc) is 3.27. The number of hydrogen-bond donors (Lipinski definition) is 2. The number of carbonyl (C=O) groups excluding carboxylic acids is 1. The Hall–Kier alpha value is -2.98. The molecule has 0 saturated carbocycles. The van der Waals surface area contributed by atoms with Crippen LogP contribution in [0.5, 0.6) is 0 Å². The van der Waals surface area contributed by atoms with Gasteiger partial charge in [0.05, 0.1) is 11.8 Å². The molecule has 0 aliphatic carbocycles. The molecule has 10 heteroatoms. The van der Waals surface area contributed by atoms with Gasteiger partial charge in [0.2, 0.25) is 10.0 Å². The minimum Gasteiger partial charge on any atom is -0.458 e. The molecule has 9 nitrogen and oxygen atoms in total. The highest BCUT2D eigenvalue weighted by Crippen LogP contribution is 2.29. The Labute approximate surface area is 156 Å². The molecule has 0 unspecified atom stereocenters. The predicted molar refractivity (Wildman–Crippen MR) is 97.3 cm³/mol. The first-order chi connectivity index (χ1) is 12.8. The highest BCUT2D eigenvalue weighted by molar-refractivity contribution is 7.89. The number of aryl methyl sites for hydroxylation is 1. The minimum absolute atomic E-state index is 0.000702. The molecule has 0 aliphatic heterocycles. The van der Waals surface area contributed by atoms with Crippen LogP contribution >= 0.6 is 0 Å². The second-order valence-electron chi connectivity index (χ2n) is 6.08. The lowest BCUT2D eigenvalue weighted by Gasteiger charge is -2.08. The number of aromatic amines is 1. The molecule has 0 bridgehead atoms. The van der Waals surface area contributed by atoms with Crippen molar-refractivity contribution in [3.63, 3.8) is 0 Å². The van der Waals surface area contributed by atoms with E-state index in [0.29, 0.717) is 11.3 Å². The number of pyridine rings is 1. The van der Waals surface area contributed by atoms with E-state index >= 15 is 0 Å². The summed E-state index contributed by atoms with van der Waals surface area (Å²) in [6.07, 6.45) is 4.58. The van der Waals surface area contributed by atoms with Crippen LogP contribution in [-0.4, -0.2) is 48.5 Å². The van der Waals surface area contributed by atoms with E-state index in [1.165, 1.54) is 17.2 Å². The predicted octanol–water partition coefficient (Wildman–Crippen LogP) is 1.55. The lowest BCUT2D eigenvalue weighted by molar-refractivity contribution is 0.0828. The summed E-state index contributed by atoms with van der Waals surface area (Å²) in [6.45, 7) is 1.65. The molecule has 0 atom stereocenters. The molecule has 0 radical (unpaired) electrons. The zero-order valence-corrected chi connectivity index (χ0v) is 15.9. The number of aromatic nitrogens is 3. The summed E-state index contributed by atoms with van der Waals surface area (Å²) in [4.78, 5) is 17.6. The van der Waals surface area contributed by atoms with Gasteiger partial charge in [0, 0.05) is 39.1 Å². The van der Waals surface area contributed by atoms with Gasteiger partial charge < -0.3 is 9.32 Å². The summed E-state index contributed by atoms with van der Waals surface area (Å²) >= 11 is 0. The molecular formula is C17H19N5O4S. The first kappa shape index (κ1) is 18.8. The highest BCUT2D eigenvalue weighted by atomic mass is 32.2. The summed E-state index contributed by atoms with van der Waals surface area (Å²) in [5, 5.41) is 6.57. The summed E-state index contributed by atoms with van der Waals surface area (Å²) in [6, 6.07) is 4.88. The molecule has 3 aromatic rings. The van der Waals surface area contributed by atoms with Gasteiger partial charge in [0.25, 0.3) is 5.91 Å². The Morgan fingerprint density at radius 3 is 2.78 bits per heavy atom. The molecule has 1 amide bonds. The second-order valence-corrected chi connectivity index (χ2v) is 7.81. The van der Waals surface area contributed by atoms with E-state index in [9.17, 15) is 13.2 Å². The maximum Gasteiger partial charge on any atom is 0.257 e. The van der Waals surface area contributed by atoms with Gasteiger partial charge in [-0.05, 0) is 18.6 Å². The average molecular weight is 389 g/mol. The van der Waals surface area contributed by atoms with Crippen molar-refractivity contribution in [2.24, 2.45) is 0 Å².